The number of hydrogen-bond acceptors (Lipinski definition) is 5. The molecule has 0 aliphatic carbocycles. The van der Waals surface area contributed by atoms with E-state index in [4.69, 9.17) is 5.73 Å². The minimum Gasteiger partial charge on any atom is -0.368 e. The first kappa shape index (κ1) is 10.8. The first-order chi connectivity index (χ1) is 8.15. The van der Waals surface area contributed by atoms with Crippen molar-refractivity contribution in [2.45, 2.75) is 13.8 Å². The number of nitrogens with zero attached hydrogens (tertiary/aromatic N) is 3. The minimum atomic E-state index is 0.377. The molecule has 0 aromatic carbocycles. The third-order valence-corrected chi connectivity index (χ3v) is 4.42. The van der Waals surface area contributed by atoms with E-state index in [-0.39, 0.29) is 0 Å². The van der Waals surface area contributed by atoms with Gasteiger partial charge in [-0.15, -0.1) is 11.3 Å². The first-order valence-electron chi connectivity index (χ1n) is 5.91. The Kier molecular flexibility index (Phi) is 2.43. The number of hydrogen-bond donors (Lipinski definition) is 1. The number of aromatic nitrogens is 2. The molecule has 5 heteroatoms. The predicted molar refractivity (Wildman–Crippen MR) is 72.4 cm³/mol. The molecule has 0 saturated carbocycles. The SMILES string of the molecule is CC1CN(c2nc(N)nc3sccc23)CC1C. The van der Waals surface area contributed by atoms with Gasteiger partial charge in [-0.25, -0.2) is 4.98 Å². The van der Waals surface area contributed by atoms with Gasteiger partial charge in [0.1, 0.15) is 10.6 Å². The molecule has 2 N–H and O–H groups in total. The summed E-state index contributed by atoms with van der Waals surface area (Å²) in [5.74, 6) is 2.80. The quantitative estimate of drug-likeness (QED) is 0.841. The lowest BCUT2D eigenvalue weighted by atomic mass is 10.0. The lowest BCUT2D eigenvalue weighted by Crippen LogP contribution is -2.21. The predicted octanol–water partition coefficient (Wildman–Crippen LogP) is 2.37. The fraction of sp³-hybridized carbons (Fsp3) is 0.500. The number of anilines is 2. The van der Waals surface area contributed by atoms with Crippen LogP contribution >= 0.6 is 11.3 Å². The molecule has 1 aliphatic heterocycles. The van der Waals surface area contributed by atoms with Crippen LogP contribution in [0.5, 0.6) is 0 Å². The smallest absolute Gasteiger partial charge is 0.223 e. The van der Waals surface area contributed by atoms with E-state index in [9.17, 15) is 0 Å². The van der Waals surface area contributed by atoms with Crippen molar-refractivity contribution in [3.05, 3.63) is 11.4 Å². The first-order valence-corrected chi connectivity index (χ1v) is 6.79. The average Bonchev–Trinajstić information content (AvgIpc) is 2.85. The highest BCUT2D eigenvalue weighted by atomic mass is 32.1. The molecule has 0 amide bonds. The average molecular weight is 248 g/mol. The van der Waals surface area contributed by atoms with Crippen molar-refractivity contribution in [3.8, 4) is 0 Å². The molecule has 3 rings (SSSR count). The van der Waals surface area contributed by atoms with Crippen LogP contribution in [-0.2, 0) is 0 Å². The van der Waals surface area contributed by atoms with Gasteiger partial charge in [-0.05, 0) is 23.3 Å². The van der Waals surface area contributed by atoms with E-state index in [0.717, 1.165) is 29.1 Å². The van der Waals surface area contributed by atoms with Gasteiger partial charge in [0.05, 0.1) is 5.39 Å². The molecule has 1 saturated heterocycles. The maximum Gasteiger partial charge on any atom is 0.223 e. The molecule has 2 unspecified atom stereocenters. The van der Waals surface area contributed by atoms with Crippen LogP contribution in [0, 0.1) is 11.8 Å². The van der Waals surface area contributed by atoms with Gasteiger partial charge in [0.25, 0.3) is 0 Å². The van der Waals surface area contributed by atoms with Crippen molar-refractivity contribution in [3.63, 3.8) is 0 Å². The Morgan fingerprint density at radius 2 is 2.00 bits per heavy atom. The molecule has 3 heterocycles. The fourth-order valence-corrected chi connectivity index (χ4v) is 3.17. The van der Waals surface area contributed by atoms with Gasteiger partial charge in [0, 0.05) is 13.1 Å². The molecular weight excluding hydrogens is 232 g/mol. The lowest BCUT2D eigenvalue weighted by molar-refractivity contribution is 0.494. The minimum absolute atomic E-state index is 0.377. The summed E-state index contributed by atoms with van der Waals surface area (Å²) in [5.41, 5.74) is 5.78. The van der Waals surface area contributed by atoms with Gasteiger partial charge in [-0.3, -0.25) is 0 Å². The molecule has 4 nitrogen and oxygen atoms in total. The van der Waals surface area contributed by atoms with Crippen LogP contribution in [0.2, 0.25) is 0 Å². The summed E-state index contributed by atoms with van der Waals surface area (Å²) in [4.78, 5) is 12.0. The normalized spacial score (nSPS) is 24.7. The molecule has 0 bridgehead atoms. The highest BCUT2D eigenvalue weighted by Crippen LogP contribution is 2.33. The highest BCUT2D eigenvalue weighted by molar-refractivity contribution is 7.16. The van der Waals surface area contributed by atoms with E-state index in [1.807, 2.05) is 5.38 Å². The zero-order valence-electron chi connectivity index (χ0n) is 10.1. The van der Waals surface area contributed by atoms with Crippen LogP contribution in [0.15, 0.2) is 11.4 Å². The van der Waals surface area contributed by atoms with E-state index < -0.39 is 0 Å². The second-order valence-electron chi connectivity index (χ2n) is 4.90. The molecule has 17 heavy (non-hydrogen) atoms. The summed E-state index contributed by atoms with van der Waals surface area (Å²) < 4.78 is 0. The van der Waals surface area contributed by atoms with Crippen molar-refractivity contribution >= 4 is 33.3 Å². The van der Waals surface area contributed by atoms with Gasteiger partial charge >= 0.3 is 0 Å². The van der Waals surface area contributed by atoms with E-state index in [1.54, 1.807) is 11.3 Å². The van der Waals surface area contributed by atoms with E-state index in [1.165, 1.54) is 0 Å². The maximum absolute atomic E-state index is 5.78. The molecule has 1 fully saturated rings. The molecule has 2 atom stereocenters. The summed E-state index contributed by atoms with van der Waals surface area (Å²) in [5, 5.41) is 3.18. The second-order valence-corrected chi connectivity index (χ2v) is 5.80. The van der Waals surface area contributed by atoms with Gasteiger partial charge in [-0.1, -0.05) is 13.8 Å². The Morgan fingerprint density at radius 3 is 2.71 bits per heavy atom. The number of thiophene rings is 1. The largest absolute Gasteiger partial charge is 0.368 e. The second kappa shape index (κ2) is 3.84. The van der Waals surface area contributed by atoms with Gasteiger partial charge < -0.3 is 10.6 Å². The van der Waals surface area contributed by atoms with Gasteiger partial charge in [0.15, 0.2) is 0 Å². The van der Waals surface area contributed by atoms with Crippen LogP contribution in [0.3, 0.4) is 0 Å². The zero-order valence-corrected chi connectivity index (χ0v) is 10.9. The number of fused-ring (bicyclic) bond motifs is 1. The lowest BCUT2D eigenvalue weighted by Gasteiger charge is -2.18. The van der Waals surface area contributed by atoms with E-state index >= 15 is 0 Å². The Balaban J connectivity index is 2.08. The van der Waals surface area contributed by atoms with Crippen molar-refractivity contribution in [1.82, 2.24) is 9.97 Å². The van der Waals surface area contributed by atoms with Crippen LogP contribution in [-0.4, -0.2) is 23.1 Å². The summed E-state index contributed by atoms with van der Waals surface area (Å²) in [6, 6.07) is 2.09. The molecular formula is C12H16N4S. The number of nitrogens with two attached hydrogens (primary N) is 1. The van der Waals surface area contributed by atoms with Crippen molar-refractivity contribution < 1.29 is 0 Å². The van der Waals surface area contributed by atoms with Gasteiger partial charge in [0.2, 0.25) is 5.95 Å². The number of rotatable bonds is 1. The Labute approximate surface area is 104 Å². The van der Waals surface area contributed by atoms with Crippen molar-refractivity contribution in [2.75, 3.05) is 23.7 Å². The molecule has 1 aliphatic rings. The van der Waals surface area contributed by atoms with Crippen molar-refractivity contribution in [1.29, 1.82) is 0 Å². The Morgan fingerprint density at radius 1 is 1.29 bits per heavy atom. The summed E-state index contributed by atoms with van der Waals surface area (Å²) in [7, 11) is 0. The molecule has 2 aromatic rings. The fourth-order valence-electron chi connectivity index (χ4n) is 2.40. The molecule has 90 valence electrons. The summed E-state index contributed by atoms with van der Waals surface area (Å²) >= 11 is 1.62. The maximum atomic E-state index is 5.78. The zero-order chi connectivity index (χ0) is 12.0. The molecule has 2 aromatic heterocycles. The molecule has 0 spiro atoms. The highest BCUT2D eigenvalue weighted by Gasteiger charge is 2.28. The van der Waals surface area contributed by atoms with Crippen LogP contribution < -0.4 is 10.6 Å². The monoisotopic (exact) mass is 248 g/mol. The standard InChI is InChI=1S/C12H16N4S/c1-7-5-16(6-8(7)2)10-9-3-4-17-11(9)15-12(13)14-10/h3-4,7-8H,5-6H2,1-2H3,(H2,13,14,15). The number of nitrogen functional groups attached to an aromatic ring is 1. The Hall–Kier alpha value is -1.36. The third kappa shape index (κ3) is 1.74. The summed E-state index contributed by atoms with van der Waals surface area (Å²) in [6.07, 6.45) is 0. The third-order valence-electron chi connectivity index (χ3n) is 3.61. The molecule has 0 radical (unpaired) electrons. The Bertz CT molecular complexity index is 540. The topological polar surface area (TPSA) is 55.0 Å². The van der Waals surface area contributed by atoms with E-state index in [0.29, 0.717) is 17.8 Å². The summed E-state index contributed by atoms with van der Waals surface area (Å²) in [6.45, 7) is 6.70. The van der Waals surface area contributed by atoms with Crippen LogP contribution in [0.4, 0.5) is 11.8 Å². The van der Waals surface area contributed by atoms with Gasteiger partial charge in [-0.2, -0.15) is 4.98 Å². The van der Waals surface area contributed by atoms with Crippen LogP contribution in [0.25, 0.3) is 10.2 Å². The van der Waals surface area contributed by atoms with E-state index in [2.05, 4.69) is 34.8 Å². The van der Waals surface area contributed by atoms with Crippen LogP contribution in [0.1, 0.15) is 13.8 Å². The van der Waals surface area contributed by atoms with Crippen molar-refractivity contribution in [2.24, 2.45) is 11.8 Å².